The van der Waals surface area contributed by atoms with Crippen LogP contribution in [0.15, 0.2) is 41.1 Å². The van der Waals surface area contributed by atoms with Crippen molar-refractivity contribution >= 4 is 39.4 Å². The second kappa shape index (κ2) is 7.70. The number of carbonyl (C=O) groups excluding carboxylic acids is 1. The Kier molecular flexibility index (Phi) is 4.93. The van der Waals surface area contributed by atoms with Gasteiger partial charge in [-0.05, 0) is 44.4 Å². The standard InChI is InChI=1S/C24H25N5O4/c1-24(2,31)17-8-14(17)22(30)29-20-9-13-15(10-26-20)21(25-3)27-11-16(13)23-28-18-7-12(32-4)5-6-19(18)33-23/h5-7,9-11,14,17,31H,8H2,1-4H3,(H,25,27)(H,26,29,30)/t14-,17+/m0/s1. The number of aliphatic hydroxyl groups is 1. The summed E-state index contributed by atoms with van der Waals surface area (Å²) in [5.41, 5.74) is 1.10. The largest absolute Gasteiger partial charge is 0.497 e. The molecular weight excluding hydrogens is 422 g/mol. The van der Waals surface area contributed by atoms with Gasteiger partial charge in [0.05, 0.1) is 18.3 Å². The van der Waals surface area contributed by atoms with Crippen molar-refractivity contribution in [3.8, 4) is 17.2 Å². The number of fused-ring (bicyclic) bond motifs is 2. The van der Waals surface area contributed by atoms with Gasteiger partial charge in [-0.1, -0.05) is 0 Å². The molecule has 1 amide bonds. The molecule has 0 radical (unpaired) electrons. The molecule has 1 aliphatic carbocycles. The number of nitrogens with zero attached hydrogens (tertiary/aromatic N) is 3. The monoisotopic (exact) mass is 447 g/mol. The molecule has 3 aromatic heterocycles. The van der Waals surface area contributed by atoms with Crippen molar-refractivity contribution in [1.82, 2.24) is 15.0 Å². The maximum Gasteiger partial charge on any atom is 0.229 e. The van der Waals surface area contributed by atoms with Gasteiger partial charge in [-0.2, -0.15) is 0 Å². The molecule has 9 heteroatoms. The summed E-state index contributed by atoms with van der Waals surface area (Å²) in [7, 11) is 3.39. The van der Waals surface area contributed by atoms with Gasteiger partial charge in [0.1, 0.15) is 22.9 Å². The molecule has 4 aromatic rings. The summed E-state index contributed by atoms with van der Waals surface area (Å²) in [6.07, 6.45) is 4.01. The number of aromatic nitrogens is 3. The number of methoxy groups -OCH3 is 1. The molecule has 0 unspecified atom stereocenters. The number of anilines is 2. The topological polar surface area (TPSA) is 122 Å². The molecule has 0 aliphatic heterocycles. The molecule has 3 heterocycles. The van der Waals surface area contributed by atoms with E-state index in [-0.39, 0.29) is 17.7 Å². The zero-order valence-corrected chi connectivity index (χ0v) is 18.8. The van der Waals surface area contributed by atoms with Crippen LogP contribution in [0.3, 0.4) is 0 Å². The van der Waals surface area contributed by atoms with Gasteiger partial charge in [0.25, 0.3) is 0 Å². The normalized spacial score (nSPS) is 17.8. The van der Waals surface area contributed by atoms with E-state index in [4.69, 9.17) is 9.15 Å². The molecule has 170 valence electrons. The van der Waals surface area contributed by atoms with Crippen LogP contribution in [-0.4, -0.2) is 45.7 Å². The van der Waals surface area contributed by atoms with Crippen LogP contribution < -0.4 is 15.4 Å². The van der Waals surface area contributed by atoms with Crippen LogP contribution in [0.25, 0.3) is 33.3 Å². The van der Waals surface area contributed by atoms with Gasteiger partial charge in [-0.15, -0.1) is 0 Å². The van der Waals surface area contributed by atoms with Crippen molar-refractivity contribution in [2.75, 3.05) is 24.8 Å². The summed E-state index contributed by atoms with van der Waals surface area (Å²) >= 11 is 0. The number of amides is 1. The van der Waals surface area contributed by atoms with E-state index in [1.807, 2.05) is 18.2 Å². The number of oxazole rings is 1. The van der Waals surface area contributed by atoms with Gasteiger partial charge in [0.15, 0.2) is 5.58 Å². The number of pyridine rings is 2. The first kappa shape index (κ1) is 21.1. The van der Waals surface area contributed by atoms with Gasteiger partial charge in [-0.25, -0.2) is 15.0 Å². The highest BCUT2D eigenvalue weighted by molar-refractivity contribution is 6.03. The molecule has 9 nitrogen and oxygen atoms in total. The Morgan fingerprint density at radius 2 is 2.03 bits per heavy atom. The Morgan fingerprint density at radius 3 is 2.73 bits per heavy atom. The van der Waals surface area contributed by atoms with E-state index in [1.54, 1.807) is 46.5 Å². The molecule has 1 aliphatic rings. The smallest absolute Gasteiger partial charge is 0.229 e. The summed E-state index contributed by atoms with van der Waals surface area (Å²) in [5, 5.41) is 17.7. The Bertz CT molecular complexity index is 1370. The van der Waals surface area contributed by atoms with E-state index >= 15 is 0 Å². The molecule has 1 fully saturated rings. The number of benzene rings is 1. The van der Waals surface area contributed by atoms with E-state index in [9.17, 15) is 9.90 Å². The summed E-state index contributed by atoms with van der Waals surface area (Å²) < 4.78 is 11.3. The SMILES string of the molecule is CNc1ncc(-c2nc3cc(OC)ccc3o2)c2cc(NC(=O)[C@H]3C[C@H]3C(C)(C)O)ncc12. The van der Waals surface area contributed by atoms with Gasteiger partial charge in [-0.3, -0.25) is 4.79 Å². The first-order chi connectivity index (χ1) is 15.8. The fourth-order valence-electron chi connectivity index (χ4n) is 4.21. The molecule has 3 N–H and O–H groups in total. The summed E-state index contributed by atoms with van der Waals surface area (Å²) in [4.78, 5) is 26.2. The Balaban J connectivity index is 1.53. The highest BCUT2D eigenvalue weighted by atomic mass is 16.5. The van der Waals surface area contributed by atoms with Crippen LogP contribution in [0.4, 0.5) is 11.6 Å². The molecule has 33 heavy (non-hydrogen) atoms. The van der Waals surface area contributed by atoms with Crippen LogP contribution in [0.5, 0.6) is 5.75 Å². The molecule has 0 spiro atoms. The van der Waals surface area contributed by atoms with Crippen LogP contribution in [0.2, 0.25) is 0 Å². The lowest BCUT2D eigenvalue weighted by Gasteiger charge is -2.16. The highest BCUT2D eigenvalue weighted by Crippen LogP contribution is 2.46. The van der Waals surface area contributed by atoms with Crippen LogP contribution in [0.1, 0.15) is 20.3 Å². The molecular formula is C24H25N5O4. The van der Waals surface area contributed by atoms with Crippen molar-refractivity contribution < 1.29 is 19.1 Å². The minimum absolute atomic E-state index is 0.0506. The number of hydrogen-bond donors (Lipinski definition) is 3. The van der Waals surface area contributed by atoms with Crippen molar-refractivity contribution in [3.05, 3.63) is 36.7 Å². The number of hydrogen-bond acceptors (Lipinski definition) is 8. The molecule has 1 saturated carbocycles. The first-order valence-electron chi connectivity index (χ1n) is 10.7. The van der Waals surface area contributed by atoms with Crippen molar-refractivity contribution in [2.24, 2.45) is 11.8 Å². The summed E-state index contributed by atoms with van der Waals surface area (Å²) in [6.45, 7) is 3.46. The Morgan fingerprint density at radius 1 is 1.21 bits per heavy atom. The minimum Gasteiger partial charge on any atom is -0.497 e. The van der Waals surface area contributed by atoms with Crippen LogP contribution >= 0.6 is 0 Å². The first-order valence-corrected chi connectivity index (χ1v) is 10.7. The fraction of sp³-hybridized carbons (Fsp3) is 0.333. The van der Waals surface area contributed by atoms with Gasteiger partial charge in [0, 0.05) is 42.2 Å². The van der Waals surface area contributed by atoms with Crippen molar-refractivity contribution in [3.63, 3.8) is 0 Å². The van der Waals surface area contributed by atoms with Gasteiger partial charge in [0.2, 0.25) is 11.8 Å². The predicted molar refractivity (Wildman–Crippen MR) is 125 cm³/mol. The minimum atomic E-state index is -0.880. The fourth-order valence-corrected chi connectivity index (χ4v) is 4.21. The van der Waals surface area contributed by atoms with Crippen LogP contribution in [0, 0.1) is 11.8 Å². The molecule has 1 aromatic carbocycles. The van der Waals surface area contributed by atoms with Crippen LogP contribution in [-0.2, 0) is 4.79 Å². The molecule has 0 saturated heterocycles. The third-order valence-electron chi connectivity index (χ3n) is 6.12. The molecule has 5 rings (SSSR count). The Labute approximate surface area is 190 Å². The maximum absolute atomic E-state index is 12.7. The van der Waals surface area contributed by atoms with E-state index in [2.05, 4.69) is 25.6 Å². The third kappa shape index (κ3) is 3.84. The van der Waals surface area contributed by atoms with Crippen molar-refractivity contribution in [1.29, 1.82) is 0 Å². The number of rotatable bonds is 6. The van der Waals surface area contributed by atoms with E-state index in [0.717, 1.165) is 10.8 Å². The second-order valence-electron chi connectivity index (χ2n) is 8.83. The van der Waals surface area contributed by atoms with E-state index in [1.165, 1.54) is 0 Å². The second-order valence-corrected chi connectivity index (χ2v) is 8.83. The quantitative estimate of drug-likeness (QED) is 0.408. The summed E-state index contributed by atoms with van der Waals surface area (Å²) in [6, 6.07) is 7.22. The predicted octanol–water partition coefficient (Wildman–Crippen LogP) is 3.83. The van der Waals surface area contributed by atoms with E-state index in [0.29, 0.717) is 46.4 Å². The average molecular weight is 447 g/mol. The molecule has 2 atom stereocenters. The zero-order valence-electron chi connectivity index (χ0n) is 18.8. The lowest BCUT2D eigenvalue weighted by atomic mass is 10.0. The van der Waals surface area contributed by atoms with Gasteiger partial charge >= 0.3 is 0 Å². The third-order valence-corrected chi connectivity index (χ3v) is 6.12. The average Bonchev–Trinajstić information content (AvgIpc) is 3.51. The number of ether oxygens (including phenoxy) is 1. The van der Waals surface area contributed by atoms with Gasteiger partial charge < -0.3 is 24.9 Å². The maximum atomic E-state index is 12.7. The molecule has 0 bridgehead atoms. The van der Waals surface area contributed by atoms with Crippen molar-refractivity contribution in [2.45, 2.75) is 25.9 Å². The summed E-state index contributed by atoms with van der Waals surface area (Å²) in [5.74, 6) is 1.75. The Hall–Kier alpha value is -3.72. The zero-order chi connectivity index (χ0) is 23.3. The lowest BCUT2D eigenvalue weighted by molar-refractivity contribution is -0.118. The number of nitrogens with one attached hydrogen (secondary N) is 2. The number of carbonyl (C=O) groups is 1. The highest BCUT2D eigenvalue weighted by Gasteiger charge is 2.51. The lowest BCUT2D eigenvalue weighted by Crippen LogP contribution is -2.26. The van der Waals surface area contributed by atoms with E-state index < -0.39 is 5.60 Å².